The van der Waals surface area contributed by atoms with Crippen LogP contribution in [-0.2, 0) is 6.54 Å². The molecule has 17 heavy (non-hydrogen) atoms. The van der Waals surface area contributed by atoms with Gasteiger partial charge in [0.15, 0.2) is 0 Å². The van der Waals surface area contributed by atoms with Gasteiger partial charge < -0.3 is 5.32 Å². The summed E-state index contributed by atoms with van der Waals surface area (Å²) in [6, 6.07) is 0.225. The van der Waals surface area contributed by atoms with Crippen LogP contribution in [0, 0.1) is 13.8 Å². The largest absolute Gasteiger partial charge is 0.305 e. The minimum Gasteiger partial charge on any atom is -0.305 e. The van der Waals surface area contributed by atoms with Gasteiger partial charge in [0.25, 0.3) is 0 Å². The zero-order chi connectivity index (χ0) is 12.3. The molecule has 0 bridgehead atoms. The van der Waals surface area contributed by atoms with E-state index in [1.165, 1.54) is 11.1 Å². The third-order valence-corrected chi connectivity index (χ3v) is 3.80. The quantitative estimate of drug-likeness (QED) is 0.902. The maximum absolute atomic E-state index is 4.38. The van der Waals surface area contributed by atoms with E-state index in [9.17, 15) is 0 Å². The highest BCUT2D eigenvalue weighted by molar-refractivity contribution is 7.08. The van der Waals surface area contributed by atoms with Crippen LogP contribution >= 0.6 is 11.3 Å². The third-order valence-electron chi connectivity index (χ3n) is 2.89. The molecule has 0 saturated heterocycles. The van der Waals surface area contributed by atoms with Crippen molar-refractivity contribution in [3.05, 3.63) is 45.7 Å². The first-order valence-corrected chi connectivity index (χ1v) is 6.65. The minimum absolute atomic E-state index is 0.225. The number of hydrogen-bond donors (Lipinski definition) is 1. The SMILES string of the molecule is Cc1cscc1CNC(C)c1nccnc1C. The molecule has 0 spiro atoms. The monoisotopic (exact) mass is 247 g/mol. The third kappa shape index (κ3) is 2.90. The molecule has 4 heteroatoms. The van der Waals surface area contributed by atoms with Gasteiger partial charge in [0, 0.05) is 25.0 Å². The average Bonchev–Trinajstić information content (AvgIpc) is 2.72. The van der Waals surface area contributed by atoms with Gasteiger partial charge in [-0.2, -0.15) is 11.3 Å². The van der Waals surface area contributed by atoms with Crippen molar-refractivity contribution in [1.82, 2.24) is 15.3 Å². The molecule has 0 saturated carbocycles. The number of rotatable bonds is 4. The van der Waals surface area contributed by atoms with Gasteiger partial charge in [-0.15, -0.1) is 0 Å². The van der Waals surface area contributed by atoms with Crippen LogP contribution in [0.5, 0.6) is 0 Å². The number of thiophene rings is 1. The summed E-state index contributed by atoms with van der Waals surface area (Å²) in [6.45, 7) is 7.15. The molecule has 0 aromatic carbocycles. The van der Waals surface area contributed by atoms with Crippen LogP contribution in [0.15, 0.2) is 23.2 Å². The maximum Gasteiger partial charge on any atom is 0.0782 e. The van der Waals surface area contributed by atoms with Crippen molar-refractivity contribution in [2.24, 2.45) is 0 Å². The number of nitrogens with zero attached hydrogens (tertiary/aromatic N) is 2. The van der Waals surface area contributed by atoms with E-state index in [0.717, 1.165) is 17.9 Å². The van der Waals surface area contributed by atoms with E-state index >= 15 is 0 Å². The van der Waals surface area contributed by atoms with Crippen LogP contribution in [0.25, 0.3) is 0 Å². The average molecular weight is 247 g/mol. The predicted octanol–water partition coefficient (Wildman–Crippen LogP) is 3.01. The fourth-order valence-electron chi connectivity index (χ4n) is 1.77. The molecule has 0 aliphatic rings. The van der Waals surface area contributed by atoms with Crippen LogP contribution in [0.4, 0.5) is 0 Å². The molecule has 0 aliphatic carbocycles. The summed E-state index contributed by atoms with van der Waals surface area (Å²) < 4.78 is 0. The minimum atomic E-state index is 0.225. The Balaban J connectivity index is 2.01. The highest BCUT2D eigenvalue weighted by atomic mass is 32.1. The second kappa shape index (κ2) is 5.38. The molecule has 2 heterocycles. The molecule has 0 fully saturated rings. The van der Waals surface area contributed by atoms with E-state index in [1.54, 1.807) is 23.7 Å². The summed E-state index contributed by atoms with van der Waals surface area (Å²) in [5.74, 6) is 0. The van der Waals surface area contributed by atoms with Gasteiger partial charge in [0.1, 0.15) is 0 Å². The molecule has 1 atom stereocenters. The standard InChI is InChI=1S/C13H17N3S/c1-9-7-17-8-12(9)6-16-11(3)13-10(2)14-4-5-15-13/h4-5,7-8,11,16H,6H2,1-3H3. The molecule has 2 rings (SSSR count). The second-order valence-corrected chi connectivity index (χ2v) is 4.95. The normalized spacial score (nSPS) is 12.6. The first kappa shape index (κ1) is 12.2. The summed E-state index contributed by atoms with van der Waals surface area (Å²) in [5, 5.41) is 7.86. The lowest BCUT2D eigenvalue weighted by atomic mass is 10.1. The number of nitrogens with one attached hydrogen (secondary N) is 1. The second-order valence-electron chi connectivity index (χ2n) is 4.21. The number of aryl methyl sites for hydroxylation is 2. The molecule has 1 unspecified atom stereocenters. The Hall–Kier alpha value is -1.26. The zero-order valence-corrected chi connectivity index (χ0v) is 11.2. The van der Waals surface area contributed by atoms with E-state index in [0.29, 0.717) is 0 Å². The first-order valence-electron chi connectivity index (χ1n) is 5.71. The van der Waals surface area contributed by atoms with Crippen molar-refractivity contribution in [3.8, 4) is 0 Å². The van der Waals surface area contributed by atoms with Crippen LogP contribution in [-0.4, -0.2) is 9.97 Å². The van der Waals surface area contributed by atoms with Gasteiger partial charge in [0.05, 0.1) is 11.4 Å². The van der Waals surface area contributed by atoms with Crippen molar-refractivity contribution in [2.75, 3.05) is 0 Å². The van der Waals surface area contributed by atoms with Gasteiger partial charge in [-0.1, -0.05) is 0 Å². The van der Waals surface area contributed by atoms with Crippen LogP contribution in [0.2, 0.25) is 0 Å². The van der Waals surface area contributed by atoms with Crippen molar-refractivity contribution in [2.45, 2.75) is 33.4 Å². The van der Waals surface area contributed by atoms with Crippen molar-refractivity contribution < 1.29 is 0 Å². The Labute approximate surface area is 106 Å². The molecule has 90 valence electrons. The lowest BCUT2D eigenvalue weighted by molar-refractivity contribution is 0.555. The molecule has 2 aromatic rings. The van der Waals surface area contributed by atoms with Crippen LogP contribution in [0.3, 0.4) is 0 Å². The molecule has 1 N–H and O–H groups in total. The molecule has 2 aromatic heterocycles. The smallest absolute Gasteiger partial charge is 0.0782 e. The fourth-order valence-corrected chi connectivity index (χ4v) is 2.63. The van der Waals surface area contributed by atoms with Crippen LogP contribution in [0.1, 0.15) is 35.5 Å². The highest BCUT2D eigenvalue weighted by Crippen LogP contribution is 2.16. The molecule has 0 radical (unpaired) electrons. The zero-order valence-electron chi connectivity index (χ0n) is 10.4. The lowest BCUT2D eigenvalue weighted by Crippen LogP contribution is -2.20. The van der Waals surface area contributed by atoms with Crippen molar-refractivity contribution in [1.29, 1.82) is 0 Å². The molecule has 3 nitrogen and oxygen atoms in total. The van der Waals surface area contributed by atoms with Crippen LogP contribution < -0.4 is 5.32 Å². The first-order chi connectivity index (χ1) is 8.18. The Bertz CT molecular complexity index is 493. The summed E-state index contributed by atoms with van der Waals surface area (Å²) in [6.07, 6.45) is 3.48. The van der Waals surface area contributed by atoms with Crippen molar-refractivity contribution in [3.63, 3.8) is 0 Å². The van der Waals surface area contributed by atoms with Gasteiger partial charge >= 0.3 is 0 Å². The number of hydrogen-bond acceptors (Lipinski definition) is 4. The van der Waals surface area contributed by atoms with Gasteiger partial charge in [-0.3, -0.25) is 9.97 Å². The van der Waals surface area contributed by atoms with Gasteiger partial charge in [-0.05, 0) is 42.7 Å². The predicted molar refractivity (Wildman–Crippen MR) is 71.1 cm³/mol. The Kier molecular flexibility index (Phi) is 3.86. The molecule has 0 aliphatic heterocycles. The topological polar surface area (TPSA) is 37.8 Å². The summed E-state index contributed by atoms with van der Waals surface area (Å²) >= 11 is 1.75. The van der Waals surface area contributed by atoms with E-state index in [1.807, 2.05) is 6.92 Å². The van der Waals surface area contributed by atoms with E-state index in [-0.39, 0.29) is 6.04 Å². The number of aromatic nitrogens is 2. The van der Waals surface area contributed by atoms with E-state index in [4.69, 9.17) is 0 Å². The summed E-state index contributed by atoms with van der Waals surface area (Å²) in [7, 11) is 0. The highest BCUT2D eigenvalue weighted by Gasteiger charge is 2.10. The maximum atomic E-state index is 4.38. The fraction of sp³-hybridized carbons (Fsp3) is 0.385. The Morgan fingerprint density at radius 3 is 2.65 bits per heavy atom. The Morgan fingerprint density at radius 1 is 1.24 bits per heavy atom. The molecule has 0 amide bonds. The van der Waals surface area contributed by atoms with Gasteiger partial charge in [0.2, 0.25) is 0 Å². The summed E-state index contributed by atoms with van der Waals surface area (Å²) in [5.41, 5.74) is 4.74. The molecular formula is C13H17N3S. The lowest BCUT2D eigenvalue weighted by Gasteiger charge is -2.14. The Morgan fingerprint density at radius 2 is 2.00 bits per heavy atom. The molecular weight excluding hydrogens is 230 g/mol. The van der Waals surface area contributed by atoms with Crippen molar-refractivity contribution >= 4 is 11.3 Å². The van der Waals surface area contributed by atoms with E-state index in [2.05, 4.69) is 39.9 Å². The van der Waals surface area contributed by atoms with Gasteiger partial charge in [-0.25, -0.2) is 0 Å². The van der Waals surface area contributed by atoms with E-state index < -0.39 is 0 Å². The summed E-state index contributed by atoms with van der Waals surface area (Å²) in [4.78, 5) is 8.64.